The molecule has 0 aliphatic carbocycles. The molecule has 0 unspecified atom stereocenters. The van der Waals surface area contributed by atoms with Gasteiger partial charge in [0.1, 0.15) is 4.90 Å². The molecule has 2 rings (SSSR count). The van der Waals surface area contributed by atoms with Gasteiger partial charge in [0, 0.05) is 23.6 Å². The fraction of sp³-hybridized carbons (Fsp3) is 0.500. The van der Waals surface area contributed by atoms with Crippen LogP contribution in [0.25, 0.3) is 0 Å². The maximum atomic E-state index is 12.7. The Labute approximate surface area is 154 Å². The Morgan fingerprint density at radius 3 is 2.04 bits per heavy atom. The van der Waals surface area contributed by atoms with Gasteiger partial charge in [-0.1, -0.05) is 39.1 Å². The molecule has 0 aromatic heterocycles. The maximum Gasteiger partial charge on any atom is 0.246 e. The van der Waals surface area contributed by atoms with E-state index in [4.69, 9.17) is 23.2 Å². The third-order valence-corrected chi connectivity index (χ3v) is 7.44. The second kappa shape index (κ2) is 7.15. The molecule has 1 heterocycles. The Kier molecular flexibility index (Phi) is 6.04. The zero-order valence-corrected chi connectivity index (χ0v) is 16.8. The summed E-state index contributed by atoms with van der Waals surface area (Å²) in [5.74, 6) is 0. The van der Waals surface area contributed by atoms with Crippen molar-refractivity contribution in [3.8, 4) is 0 Å². The molecule has 0 amide bonds. The van der Waals surface area contributed by atoms with E-state index in [9.17, 15) is 16.8 Å². The number of rotatable bonds is 4. The molecule has 1 fully saturated rings. The van der Waals surface area contributed by atoms with Crippen molar-refractivity contribution in [1.29, 1.82) is 0 Å². The normalized spacial score (nSPS) is 18.3. The minimum absolute atomic E-state index is 0.0424. The maximum absolute atomic E-state index is 12.7. The van der Waals surface area contributed by atoms with Crippen LogP contribution in [0.15, 0.2) is 21.5 Å². The molecular weight excluding hydrogens is 451 g/mol. The molecule has 1 saturated heterocycles. The molecule has 1 aromatic rings. The number of nitrogens with one attached hydrogen (secondary N) is 1. The molecule has 1 aliphatic heterocycles. The topological polar surface area (TPSA) is 83.6 Å². The van der Waals surface area contributed by atoms with Crippen molar-refractivity contribution in [3.05, 3.63) is 26.7 Å². The van der Waals surface area contributed by atoms with Crippen molar-refractivity contribution in [2.45, 2.75) is 23.8 Å². The first-order valence-corrected chi connectivity index (χ1v) is 11.5. The summed E-state index contributed by atoms with van der Waals surface area (Å²) >= 11 is 15.3. The first kappa shape index (κ1) is 19.4. The highest BCUT2D eigenvalue weighted by Crippen LogP contribution is 2.35. The molecule has 1 aliphatic rings. The van der Waals surface area contributed by atoms with Crippen molar-refractivity contribution < 1.29 is 16.8 Å². The first-order valence-electron chi connectivity index (χ1n) is 6.63. The van der Waals surface area contributed by atoms with Gasteiger partial charge in [0.2, 0.25) is 20.0 Å². The molecule has 1 N–H and O–H groups in total. The van der Waals surface area contributed by atoms with Crippen molar-refractivity contribution in [1.82, 2.24) is 9.03 Å². The lowest BCUT2D eigenvalue weighted by Crippen LogP contribution is -2.46. The van der Waals surface area contributed by atoms with Gasteiger partial charge >= 0.3 is 0 Å². The van der Waals surface area contributed by atoms with Crippen molar-refractivity contribution in [2.75, 3.05) is 19.3 Å². The quantitative estimate of drug-likeness (QED) is 0.740. The van der Waals surface area contributed by atoms with E-state index < -0.39 is 20.0 Å². The number of halogens is 3. The third kappa shape index (κ3) is 4.81. The number of nitrogens with zero attached hydrogens (tertiary/aromatic N) is 1. The zero-order valence-electron chi connectivity index (χ0n) is 12.1. The highest BCUT2D eigenvalue weighted by Gasteiger charge is 2.33. The minimum Gasteiger partial charge on any atom is -0.213 e. The Balaban J connectivity index is 2.20. The van der Waals surface area contributed by atoms with Crippen LogP contribution in [0.2, 0.25) is 10.0 Å². The monoisotopic (exact) mass is 464 g/mol. The summed E-state index contributed by atoms with van der Waals surface area (Å²) in [6.45, 7) is 0.385. The summed E-state index contributed by atoms with van der Waals surface area (Å²) in [7, 11) is -7.15. The lowest BCUT2D eigenvalue weighted by molar-refractivity contribution is 0.309. The van der Waals surface area contributed by atoms with Crippen LogP contribution in [0.5, 0.6) is 0 Å². The number of hydrogen-bond donors (Lipinski definition) is 1. The van der Waals surface area contributed by atoms with Gasteiger partial charge in [-0.05, 0) is 25.0 Å². The van der Waals surface area contributed by atoms with Gasteiger partial charge in [-0.15, -0.1) is 0 Å². The Bertz CT molecular complexity index is 783. The van der Waals surface area contributed by atoms with Crippen molar-refractivity contribution in [2.24, 2.45) is 0 Å². The molecule has 0 bridgehead atoms. The standard InChI is InChI=1S/C12H15BrCl2N2O4S2/c1-22(18,19)16-9-2-4-17(5-3-9)23(20,21)12-10(14)6-8(13)7-11(12)15/h6-7,9,16H,2-5H2,1H3. The Morgan fingerprint density at radius 2 is 1.61 bits per heavy atom. The molecule has 6 nitrogen and oxygen atoms in total. The summed E-state index contributed by atoms with van der Waals surface area (Å²) in [4.78, 5) is -0.126. The zero-order chi connectivity index (χ0) is 17.4. The largest absolute Gasteiger partial charge is 0.246 e. The van der Waals surface area contributed by atoms with E-state index in [1.165, 1.54) is 16.4 Å². The Morgan fingerprint density at radius 1 is 1.13 bits per heavy atom. The molecule has 23 heavy (non-hydrogen) atoms. The van der Waals surface area contributed by atoms with Crippen LogP contribution in [0, 0.1) is 0 Å². The number of sulfonamides is 2. The van der Waals surface area contributed by atoms with E-state index in [1.54, 1.807) is 0 Å². The summed E-state index contributed by atoms with van der Waals surface area (Å²) in [5, 5.41) is 0.0847. The van der Waals surface area contributed by atoms with Crippen LogP contribution in [-0.2, 0) is 20.0 Å². The van der Waals surface area contributed by atoms with Crippen LogP contribution < -0.4 is 4.72 Å². The molecule has 0 radical (unpaired) electrons. The van der Waals surface area contributed by atoms with Crippen LogP contribution in [0.3, 0.4) is 0 Å². The van der Waals surface area contributed by atoms with E-state index in [-0.39, 0.29) is 34.1 Å². The number of hydrogen-bond acceptors (Lipinski definition) is 4. The predicted molar refractivity (Wildman–Crippen MR) is 93.9 cm³/mol. The molecule has 1 aromatic carbocycles. The van der Waals surface area contributed by atoms with E-state index in [0.717, 1.165) is 6.26 Å². The smallest absolute Gasteiger partial charge is 0.213 e. The van der Waals surface area contributed by atoms with Crippen LogP contribution >= 0.6 is 39.1 Å². The van der Waals surface area contributed by atoms with Crippen molar-refractivity contribution in [3.63, 3.8) is 0 Å². The van der Waals surface area contributed by atoms with Gasteiger partial charge in [-0.2, -0.15) is 4.31 Å². The number of benzene rings is 1. The van der Waals surface area contributed by atoms with Gasteiger partial charge in [0.25, 0.3) is 0 Å². The van der Waals surface area contributed by atoms with Crippen molar-refractivity contribution >= 4 is 59.2 Å². The van der Waals surface area contributed by atoms with E-state index in [0.29, 0.717) is 17.3 Å². The lowest BCUT2D eigenvalue weighted by Gasteiger charge is -2.31. The molecule has 0 spiro atoms. The molecule has 0 saturated carbocycles. The molecule has 0 atom stereocenters. The third-order valence-electron chi connectivity index (χ3n) is 3.40. The molecule has 130 valence electrons. The molecule has 11 heteroatoms. The minimum atomic E-state index is -3.84. The highest BCUT2D eigenvalue weighted by molar-refractivity contribution is 9.10. The fourth-order valence-corrected chi connectivity index (χ4v) is 6.62. The summed E-state index contributed by atoms with van der Waals surface area (Å²) < 4.78 is 52.3. The average Bonchev–Trinajstić information content (AvgIpc) is 2.35. The van der Waals surface area contributed by atoms with E-state index in [1.807, 2.05) is 0 Å². The summed E-state index contributed by atoms with van der Waals surface area (Å²) in [5.41, 5.74) is 0. The Hall–Kier alpha value is 0.1000. The first-order chi connectivity index (χ1) is 10.5. The summed E-state index contributed by atoms with van der Waals surface area (Å²) in [6.07, 6.45) is 1.85. The summed E-state index contributed by atoms with van der Waals surface area (Å²) in [6, 6.07) is 2.67. The van der Waals surface area contributed by atoms with Gasteiger partial charge < -0.3 is 0 Å². The fourth-order valence-electron chi connectivity index (χ4n) is 2.42. The van der Waals surface area contributed by atoms with Gasteiger partial charge in [0.05, 0.1) is 16.3 Å². The van der Waals surface area contributed by atoms with Crippen LogP contribution in [0.1, 0.15) is 12.8 Å². The SMILES string of the molecule is CS(=O)(=O)NC1CCN(S(=O)(=O)c2c(Cl)cc(Br)cc2Cl)CC1. The van der Waals surface area contributed by atoms with E-state index >= 15 is 0 Å². The van der Waals surface area contributed by atoms with Gasteiger partial charge in [0.15, 0.2) is 0 Å². The number of piperidine rings is 1. The van der Waals surface area contributed by atoms with E-state index in [2.05, 4.69) is 20.7 Å². The van der Waals surface area contributed by atoms with Crippen LogP contribution in [0.4, 0.5) is 0 Å². The van der Waals surface area contributed by atoms with Gasteiger partial charge in [-0.3, -0.25) is 0 Å². The predicted octanol–water partition coefficient (Wildman–Crippen LogP) is 2.46. The second-order valence-electron chi connectivity index (χ2n) is 5.27. The van der Waals surface area contributed by atoms with Gasteiger partial charge in [-0.25, -0.2) is 21.6 Å². The second-order valence-corrected chi connectivity index (χ2v) is 10.7. The lowest BCUT2D eigenvalue weighted by atomic mass is 10.1. The van der Waals surface area contributed by atoms with Crippen LogP contribution in [-0.4, -0.2) is 46.5 Å². The average molecular weight is 466 g/mol. The highest BCUT2D eigenvalue weighted by atomic mass is 79.9. The molecular formula is C12H15BrCl2N2O4S2.